The highest BCUT2D eigenvalue weighted by Crippen LogP contribution is 2.19. The van der Waals surface area contributed by atoms with Crippen LogP contribution in [0.1, 0.15) is 65.4 Å². The maximum atomic E-state index is 13.1. The van der Waals surface area contributed by atoms with E-state index in [2.05, 4.69) is 15.6 Å². The number of sulfone groups is 1. The summed E-state index contributed by atoms with van der Waals surface area (Å²) in [5.41, 5.74) is 11.2. The lowest BCUT2D eigenvalue weighted by molar-refractivity contribution is -0.131. The molecule has 6 N–H and O–H groups in total. The van der Waals surface area contributed by atoms with E-state index in [0.717, 1.165) is 11.5 Å². The zero-order valence-corrected chi connectivity index (χ0v) is 24.4. The highest BCUT2D eigenvalue weighted by Gasteiger charge is 2.26. The van der Waals surface area contributed by atoms with Gasteiger partial charge in [0.25, 0.3) is 0 Å². The predicted octanol–water partition coefficient (Wildman–Crippen LogP) is 2.44. The van der Waals surface area contributed by atoms with Gasteiger partial charge in [0.15, 0.2) is 15.8 Å². The van der Waals surface area contributed by atoms with E-state index in [-0.39, 0.29) is 54.2 Å². The van der Waals surface area contributed by atoms with Crippen LogP contribution in [0.4, 0.5) is 0 Å². The Balaban J connectivity index is 2.67. The third kappa shape index (κ3) is 15.7. The number of guanidine groups is 1. The second kappa shape index (κ2) is 17.4. The quantitative estimate of drug-likeness (QED) is 0.0918. The number of Topliss-reactive ketones (excluding diaryl/α,β-unsaturated/α-hetero) is 1. The van der Waals surface area contributed by atoms with E-state index in [1.165, 1.54) is 0 Å². The Morgan fingerprint density at radius 3 is 2.28 bits per heavy atom. The molecule has 0 bridgehead atoms. The fourth-order valence-electron chi connectivity index (χ4n) is 3.91. The molecule has 39 heavy (non-hydrogen) atoms. The van der Waals surface area contributed by atoms with Crippen LogP contribution in [0.3, 0.4) is 0 Å². The molecule has 2 unspecified atom stereocenters. The van der Waals surface area contributed by atoms with E-state index in [1.807, 2.05) is 27.7 Å². The zero-order valence-electron chi connectivity index (χ0n) is 23.6. The summed E-state index contributed by atoms with van der Waals surface area (Å²) in [5, 5.41) is 6.56. The van der Waals surface area contributed by atoms with Gasteiger partial charge in [0, 0.05) is 49.4 Å². The van der Waals surface area contributed by atoms with Gasteiger partial charge in [-0.15, -0.1) is 0 Å². The number of nitrogens with two attached hydrogens (primary N) is 2. The Labute approximate surface area is 233 Å². The van der Waals surface area contributed by atoms with Crippen LogP contribution in [0, 0.1) is 17.8 Å². The Morgan fingerprint density at radius 1 is 1.03 bits per heavy atom. The maximum Gasteiger partial charge on any atom is 0.244 e. The van der Waals surface area contributed by atoms with Gasteiger partial charge < -0.3 is 22.1 Å². The summed E-state index contributed by atoms with van der Waals surface area (Å²) in [6, 6.07) is 8.32. The first-order valence-corrected chi connectivity index (χ1v) is 15.1. The Kier molecular flexibility index (Phi) is 15.1. The van der Waals surface area contributed by atoms with Crippen molar-refractivity contribution >= 4 is 33.4 Å². The molecule has 0 spiro atoms. The van der Waals surface area contributed by atoms with Gasteiger partial charge in [-0.2, -0.15) is 0 Å². The molecular formula is C28H45N5O5S. The maximum absolute atomic E-state index is 13.1. The number of aliphatic imine (C=N–C) groups is 1. The van der Waals surface area contributed by atoms with Crippen molar-refractivity contribution in [2.75, 3.05) is 13.1 Å². The molecule has 0 saturated heterocycles. The summed E-state index contributed by atoms with van der Waals surface area (Å²) in [4.78, 5) is 41.9. The van der Waals surface area contributed by atoms with Crippen LogP contribution in [0.5, 0.6) is 0 Å². The lowest BCUT2D eigenvalue weighted by atomic mass is 9.89. The second-order valence-electron chi connectivity index (χ2n) is 10.5. The zero-order chi connectivity index (χ0) is 29.4. The lowest BCUT2D eigenvalue weighted by Gasteiger charge is -2.26. The minimum absolute atomic E-state index is 0.00835. The summed E-state index contributed by atoms with van der Waals surface area (Å²) in [6.07, 6.45) is 3.37. The highest BCUT2D eigenvalue weighted by atomic mass is 32.2. The Hall–Kier alpha value is -3.21. The van der Waals surface area contributed by atoms with Crippen LogP contribution < -0.4 is 22.1 Å². The van der Waals surface area contributed by atoms with Crippen molar-refractivity contribution in [1.82, 2.24) is 10.6 Å². The van der Waals surface area contributed by atoms with Gasteiger partial charge in [0.2, 0.25) is 11.8 Å². The molecule has 10 nitrogen and oxygen atoms in total. The molecule has 2 amide bonds. The smallest absolute Gasteiger partial charge is 0.244 e. The number of hydrogen-bond acceptors (Lipinski definition) is 6. The molecule has 1 aromatic rings. The summed E-state index contributed by atoms with van der Waals surface area (Å²) < 4.78 is 24.6. The average Bonchev–Trinajstić information content (AvgIpc) is 2.84. The molecule has 0 saturated carbocycles. The van der Waals surface area contributed by atoms with E-state index in [0.29, 0.717) is 37.8 Å². The topological polar surface area (TPSA) is 174 Å². The average molecular weight is 564 g/mol. The molecule has 0 radical (unpaired) electrons. The van der Waals surface area contributed by atoms with Crippen molar-refractivity contribution in [3.8, 4) is 0 Å². The number of amides is 2. The van der Waals surface area contributed by atoms with Crippen LogP contribution in [-0.2, 0) is 30.0 Å². The molecule has 0 aliphatic heterocycles. The molecule has 0 aliphatic carbocycles. The first kappa shape index (κ1) is 33.8. The fourth-order valence-corrected chi connectivity index (χ4v) is 5.00. The van der Waals surface area contributed by atoms with Crippen LogP contribution in [0.15, 0.2) is 46.8 Å². The first-order chi connectivity index (χ1) is 18.3. The Morgan fingerprint density at radius 2 is 1.69 bits per heavy atom. The number of ketones is 1. The molecule has 2 atom stereocenters. The summed E-state index contributed by atoms with van der Waals surface area (Å²) in [7, 11) is -3.61. The van der Waals surface area contributed by atoms with E-state index in [4.69, 9.17) is 11.5 Å². The third-order valence-electron chi connectivity index (χ3n) is 6.02. The minimum Gasteiger partial charge on any atom is -0.370 e. The molecular weight excluding hydrogens is 518 g/mol. The monoisotopic (exact) mass is 563 g/mol. The normalized spacial score (nSPS) is 13.3. The number of hydrogen-bond donors (Lipinski definition) is 4. The number of unbranched alkanes of at least 4 members (excludes halogenated alkanes) is 1. The van der Waals surface area contributed by atoms with Gasteiger partial charge in [0.1, 0.15) is 5.78 Å². The second-order valence-corrected chi connectivity index (χ2v) is 12.4. The number of carbonyl (C=O) groups excluding carboxylic acids is 3. The Bertz CT molecular complexity index is 1080. The van der Waals surface area contributed by atoms with Gasteiger partial charge in [-0.3, -0.25) is 19.4 Å². The van der Waals surface area contributed by atoms with Crippen molar-refractivity contribution in [2.24, 2.45) is 34.2 Å². The van der Waals surface area contributed by atoms with Gasteiger partial charge in [-0.05, 0) is 36.7 Å². The molecule has 218 valence electrons. The standard InChI is InChI=1S/C28H45N5O5S/c1-20(2)16-23(17-24(34)12-8-9-14-31-28(29)30)27(36)33-25(21(3)4)18-32-26(35)13-15-39(37,38)19-22-10-6-5-7-11-22/h5-7,10-11,13,15,20-21,23,25H,8-9,12,14,16-19H2,1-4H3,(H,32,35)(H,33,36)(H4,29,30,31)/b15-13+. The number of carbonyl (C=O) groups is 3. The SMILES string of the molecule is CC(C)CC(CC(=O)CCCCN=C(N)N)C(=O)NC(CNC(=O)/C=C/S(=O)(=O)Cc1ccccc1)C(C)C. The van der Waals surface area contributed by atoms with Crippen molar-refractivity contribution < 1.29 is 22.8 Å². The van der Waals surface area contributed by atoms with Gasteiger partial charge in [-0.25, -0.2) is 8.42 Å². The lowest BCUT2D eigenvalue weighted by Crippen LogP contribution is -2.48. The molecule has 11 heteroatoms. The van der Waals surface area contributed by atoms with Gasteiger partial charge >= 0.3 is 0 Å². The van der Waals surface area contributed by atoms with Crippen LogP contribution in [0.25, 0.3) is 0 Å². The summed E-state index contributed by atoms with van der Waals surface area (Å²) >= 11 is 0. The molecule has 1 aromatic carbocycles. The van der Waals surface area contributed by atoms with Gasteiger partial charge in [-0.1, -0.05) is 58.0 Å². The van der Waals surface area contributed by atoms with Crippen LogP contribution in [-0.4, -0.2) is 51.1 Å². The molecule has 0 aromatic heterocycles. The van der Waals surface area contributed by atoms with E-state index < -0.39 is 21.7 Å². The molecule has 0 heterocycles. The molecule has 1 rings (SSSR count). The number of benzene rings is 1. The highest BCUT2D eigenvalue weighted by molar-refractivity contribution is 7.93. The van der Waals surface area contributed by atoms with E-state index in [9.17, 15) is 22.8 Å². The van der Waals surface area contributed by atoms with Gasteiger partial charge in [0.05, 0.1) is 5.75 Å². The van der Waals surface area contributed by atoms with Crippen molar-refractivity contribution in [1.29, 1.82) is 0 Å². The largest absolute Gasteiger partial charge is 0.370 e. The molecule has 0 aliphatic rings. The minimum atomic E-state index is -3.61. The van der Waals surface area contributed by atoms with Crippen molar-refractivity contribution in [3.05, 3.63) is 47.4 Å². The van der Waals surface area contributed by atoms with E-state index in [1.54, 1.807) is 30.3 Å². The van der Waals surface area contributed by atoms with Crippen LogP contribution in [0.2, 0.25) is 0 Å². The fraction of sp³-hybridized carbons (Fsp3) is 0.571. The summed E-state index contributed by atoms with van der Waals surface area (Å²) in [5.74, 6) is -1.23. The number of nitrogens with one attached hydrogen (secondary N) is 2. The predicted molar refractivity (Wildman–Crippen MR) is 155 cm³/mol. The summed E-state index contributed by atoms with van der Waals surface area (Å²) in [6.45, 7) is 8.41. The number of rotatable bonds is 18. The third-order valence-corrected chi connectivity index (χ3v) is 7.31. The van der Waals surface area contributed by atoms with Crippen LogP contribution >= 0.6 is 0 Å². The molecule has 0 fully saturated rings. The van der Waals surface area contributed by atoms with Crippen molar-refractivity contribution in [2.45, 2.75) is 71.6 Å². The first-order valence-electron chi connectivity index (χ1n) is 13.4. The van der Waals surface area contributed by atoms with E-state index >= 15 is 0 Å². The van der Waals surface area contributed by atoms with Crippen molar-refractivity contribution in [3.63, 3.8) is 0 Å². The number of nitrogens with zero attached hydrogens (tertiary/aromatic N) is 1.